The van der Waals surface area contributed by atoms with Crippen LogP contribution in [0.5, 0.6) is 0 Å². The molecule has 1 aromatic rings. The van der Waals surface area contributed by atoms with E-state index in [1.807, 2.05) is 6.92 Å². The molecule has 0 amide bonds. The maximum Gasteiger partial charge on any atom is 0.182 e. The van der Waals surface area contributed by atoms with Crippen molar-refractivity contribution in [3.63, 3.8) is 0 Å². The second-order valence-corrected chi connectivity index (χ2v) is 5.42. The first-order valence-corrected chi connectivity index (χ1v) is 6.81. The summed E-state index contributed by atoms with van der Waals surface area (Å²) in [5.41, 5.74) is 6.24. The third kappa shape index (κ3) is 3.82. The minimum atomic E-state index is 0.0375. The fraction of sp³-hybridized carbons (Fsp3) is 0.692. The summed E-state index contributed by atoms with van der Waals surface area (Å²) < 4.78 is 1.65. The van der Waals surface area contributed by atoms with Crippen LogP contribution < -0.4 is 5.73 Å². The lowest BCUT2D eigenvalue weighted by atomic mass is 9.92. The molecule has 1 rings (SSSR count). The second kappa shape index (κ2) is 6.90. The van der Waals surface area contributed by atoms with E-state index in [4.69, 9.17) is 17.3 Å². The number of Topliss-reactive ketones (excluding diaryl/α,β-unsaturated/α-hetero) is 1. The number of halogens is 1. The molecule has 0 radical (unpaired) electrons. The summed E-state index contributed by atoms with van der Waals surface area (Å²) in [5.74, 6) is 0.794. The van der Waals surface area contributed by atoms with Gasteiger partial charge in [-0.1, -0.05) is 25.4 Å². The summed E-state index contributed by atoms with van der Waals surface area (Å²) in [6.07, 6.45) is 2.93. The first-order valence-electron chi connectivity index (χ1n) is 6.44. The van der Waals surface area contributed by atoms with Crippen LogP contribution in [-0.4, -0.2) is 22.1 Å². The average Bonchev–Trinajstić information content (AvgIpc) is 2.68. The van der Waals surface area contributed by atoms with Gasteiger partial charge >= 0.3 is 0 Å². The van der Waals surface area contributed by atoms with E-state index >= 15 is 0 Å². The Kier molecular flexibility index (Phi) is 5.82. The highest BCUT2D eigenvalue weighted by atomic mass is 35.5. The Morgan fingerprint density at radius 2 is 2.22 bits per heavy atom. The smallest absolute Gasteiger partial charge is 0.182 e. The van der Waals surface area contributed by atoms with Gasteiger partial charge in [0.15, 0.2) is 5.78 Å². The predicted molar refractivity (Wildman–Crippen MR) is 73.9 cm³/mol. The molecule has 1 aromatic heterocycles. The number of aryl methyl sites for hydroxylation is 1. The Bertz CT molecular complexity index is 401. The lowest BCUT2D eigenvalue weighted by molar-refractivity contribution is 0.0947. The van der Waals surface area contributed by atoms with Crippen LogP contribution in [0.3, 0.4) is 0 Å². The normalized spacial score (nSPS) is 13.0. The van der Waals surface area contributed by atoms with Crippen LogP contribution in [0, 0.1) is 11.8 Å². The molecule has 102 valence electrons. The highest BCUT2D eigenvalue weighted by Gasteiger charge is 2.21. The lowest BCUT2D eigenvalue weighted by Crippen LogP contribution is -2.21. The first kappa shape index (κ1) is 15.2. The van der Waals surface area contributed by atoms with Crippen molar-refractivity contribution in [1.82, 2.24) is 9.78 Å². The van der Waals surface area contributed by atoms with Crippen molar-refractivity contribution in [3.05, 3.63) is 16.9 Å². The van der Waals surface area contributed by atoms with E-state index in [-0.39, 0.29) is 11.7 Å². The van der Waals surface area contributed by atoms with Crippen molar-refractivity contribution in [2.24, 2.45) is 17.6 Å². The molecule has 2 N–H and O–H groups in total. The van der Waals surface area contributed by atoms with E-state index < -0.39 is 0 Å². The number of carbonyl (C=O) groups excluding carboxylic acids is 1. The molecule has 4 nitrogen and oxygen atoms in total. The highest BCUT2D eigenvalue weighted by Crippen LogP contribution is 2.21. The van der Waals surface area contributed by atoms with Gasteiger partial charge in [0.05, 0.1) is 11.2 Å². The zero-order chi connectivity index (χ0) is 13.7. The van der Waals surface area contributed by atoms with Gasteiger partial charge in [-0.2, -0.15) is 5.10 Å². The topological polar surface area (TPSA) is 60.9 Å². The molecule has 1 heterocycles. The fourth-order valence-electron chi connectivity index (χ4n) is 2.17. The predicted octanol–water partition coefficient (Wildman–Crippen LogP) is 2.75. The summed E-state index contributed by atoms with van der Waals surface area (Å²) in [6, 6.07) is 0. The Morgan fingerprint density at radius 1 is 1.56 bits per heavy atom. The molecule has 0 aliphatic heterocycles. The molecule has 0 saturated carbocycles. The van der Waals surface area contributed by atoms with Crippen LogP contribution in [-0.2, 0) is 6.54 Å². The van der Waals surface area contributed by atoms with Crippen LogP contribution >= 0.6 is 11.6 Å². The van der Waals surface area contributed by atoms with Crippen molar-refractivity contribution in [1.29, 1.82) is 0 Å². The van der Waals surface area contributed by atoms with Crippen LogP contribution in [0.1, 0.15) is 44.1 Å². The quantitative estimate of drug-likeness (QED) is 0.776. The Hall–Kier alpha value is -0.870. The van der Waals surface area contributed by atoms with Gasteiger partial charge in [-0.05, 0) is 31.7 Å². The van der Waals surface area contributed by atoms with Crippen molar-refractivity contribution < 1.29 is 4.79 Å². The second-order valence-electron chi connectivity index (χ2n) is 5.02. The first-order chi connectivity index (χ1) is 8.49. The molecule has 0 bridgehead atoms. The number of rotatable bonds is 7. The minimum Gasteiger partial charge on any atom is -0.330 e. The molecule has 0 aromatic carbocycles. The molecule has 0 saturated heterocycles. The van der Waals surface area contributed by atoms with Crippen LogP contribution in [0.2, 0.25) is 5.02 Å². The van der Waals surface area contributed by atoms with Crippen molar-refractivity contribution in [3.8, 4) is 0 Å². The van der Waals surface area contributed by atoms with Gasteiger partial charge in [0.25, 0.3) is 0 Å². The van der Waals surface area contributed by atoms with E-state index in [0.29, 0.717) is 36.1 Å². The van der Waals surface area contributed by atoms with Crippen molar-refractivity contribution >= 4 is 17.4 Å². The highest BCUT2D eigenvalue weighted by molar-refractivity contribution is 6.33. The fourth-order valence-corrected chi connectivity index (χ4v) is 2.41. The number of nitrogens with two attached hydrogens (primary N) is 1. The zero-order valence-corrected chi connectivity index (χ0v) is 12.1. The minimum absolute atomic E-state index is 0.0375. The van der Waals surface area contributed by atoms with E-state index in [1.54, 1.807) is 4.68 Å². The molecule has 0 aliphatic carbocycles. The van der Waals surface area contributed by atoms with E-state index in [9.17, 15) is 4.79 Å². The zero-order valence-electron chi connectivity index (χ0n) is 11.3. The maximum absolute atomic E-state index is 12.3. The van der Waals surface area contributed by atoms with Crippen LogP contribution in [0.4, 0.5) is 0 Å². The summed E-state index contributed by atoms with van der Waals surface area (Å²) in [6.45, 7) is 7.38. The van der Waals surface area contributed by atoms with E-state index in [1.165, 1.54) is 6.20 Å². The molecule has 18 heavy (non-hydrogen) atoms. The van der Waals surface area contributed by atoms with Crippen molar-refractivity contribution in [2.75, 3.05) is 6.54 Å². The Morgan fingerprint density at radius 3 is 2.72 bits per heavy atom. The van der Waals surface area contributed by atoms with Gasteiger partial charge < -0.3 is 5.73 Å². The maximum atomic E-state index is 12.3. The number of aromatic nitrogens is 2. The molecular weight excluding hydrogens is 250 g/mol. The SMILES string of the molecule is CCn1ncc(Cl)c1C(=O)CC(CN)CC(C)C. The molecule has 5 heteroatoms. The summed E-state index contributed by atoms with van der Waals surface area (Å²) in [4.78, 5) is 12.3. The van der Waals surface area contributed by atoms with Crippen LogP contribution in [0.25, 0.3) is 0 Å². The number of ketones is 1. The summed E-state index contributed by atoms with van der Waals surface area (Å²) in [5, 5.41) is 4.51. The Balaban J connectivity index is 2.77. The van der Waals surface area contributed by atoms with E-state index in [0.717, 1.165) is 6.42 Å². The third-order valence-electron chi connectivity index (χ3n) is 2.97. The molecule has 0 fully saturated rings. The molecule has 1 atom stereocenters. The molecule has 1 unspecified atom stereocenters. The summed E-state index contributed by atoms with van der Waals surface area (Å²) >= 11 is 6.02. The number of hydrogen-bond donors (Lipinski definition) is 1. The number of hydrogen-bond acceptors (Lipinski definition) is 3. The Labute approximate surface area is 113 Å². The molecule has 0 aliphatic rings. The summed E-state index contributed by atoms with van der Waals surface area (Å²) in [7, 11) is 0. The lowest BCUT2D eigenvalue weighted by Gasteiger charge is -2.16. The van der Waals surface area contributed by atoms with Gasteiger partial charge in [0.1, 0.15) is 5.69 Å². The van der Waals surface area contributed by atoms with Gasteiger partial charge in [0.2, 0.25) is 0 Å². The monoisotopic (exact) mass is 271 g/mol. The molecule has 0 spiro atoms. The van der Waals surface area contributed by atoms with Gasteiger partial charge in [0, 0.05) is 13.0 Å². The van der Waals surface area contributed by atoms with Crippen LogP contribution in [0.15, 0.2) is 6.20 Å². The van der Waals surface area contributed by atoms with E-state index in [2.05, 4.69) is 18.9 Å². The molecular formula is C13H22ClN3O. The number of nitrogens with zero attached hydrogens (tertiary/aromatic N) is 2. The van der Waals surface area contributed by atoms with Gasteiger partial charge in [-0.25, -0.2) is 0 Å². The van der Waals surface area contributed by atoms with Gasteiger partial charge in [-0.15, -0.1) is 0 Å². The third-order valence-corrected chi connectivity index (χ3v) is 3.25. The number of carbonyl (C=O) groups is 1. The van der Waals surface area contributed by atoms with Crippen molar-refractivity contribution in [2.45, 2.75) is 40.2 Å². The average molecular weight is 272 g/mol. The van der Waals surface area contributed by atoms with Gasteiger partial charge in [-0.3, -0.25) is 9.48 Å². The largest absolute Gasteiger partial charge is 0.330 e. The standard InChI is InChI=1S/C13H22ClN3O/c1-4-17-13(11(14)8-16-17)12(18)6-10(7-15)5-9(2)3/h8-10H,4-7,15H2,1-3H3.